The van der Waals surface area contributed by atoms with Crippen molar-refractivity contribution in [2.24, 2.45) is 11.8 Å². The summed E-state index contributed by atoms with van der Waals surface area (Å²) < 4.78 is 1.21. The summed E-state index contributed by atoms with van der Waals surface area (Å²) in [5, 5.41) is 2.02. The molecular weight excluding hydrogens is 331 g/mol. The fraction of sp³-hybridized carbons (Fsp3) is 0.615. The number of hydrogen-bond donors (Lipinski definition) is 0. The van der Waals surface area contributed by atoms with Crippen molar-refractivity contribution in [2.45, 2.75) is 39.0 Å². The predicted molar refractivity (Wildman–Crippen MR) is 77.1 cm³/mol. The largest absolute Gasteiger partial charge is 0.294 e. The molecule has 16 heavy (non-hydrogen) atoms. The van der Waals surface area contributed by atoms with Gasteiger partial charge in [0.2, 0.25) is 0 Å². The molecule has 0 aromatic carbocycles. The van der Waals surface area contributed by atoms with E-state index in [2.05, 4.69) is 29.5 Å². The van der Waals surface area contributed by atoms with E-state index in [0.29, 0.717) is 17.6 Å². The van der Waals surface area contributed by atoms with Gasteiger partial charge < -0.3 is 0 Å². The Kier molecular flexibility index (Phi) is 4.41. The van der Waals surface area contributed by atoms with Gasteiger partial charge in [-0.05, 0) is 47.4 Å². The van der Waals surface area contributed by atoms with E-state index in [1.54, 1.807) is 11.3 Å². The van der Waals surface area contributed by atoms with Crippen LogP contribution in [0.1, 0.15) is 49.4 Å². The van der Waals surface area contributed by atoms with Crippen LogP contribution in [0.25, 0.3) is 0 Å². The molecule has 2 unspecified atom stereocenters. The molecule has 88 valence electrons. The summed E-state index contributed by atoms with van der Waals surface area (Å²) in [5.41, 5.74) is 0.944. The van der Waals surface area contributed by atoms with Crippen LogP contribution in [-0.2, 0) is 0 Å². The van der Waals surface area contributed by atoms with Gasteiger partial charge in [-0.3, -0.25) is 4.79 Å². The summed E-state index contributed by atoms with van der Waals surface area (Å²) in [5.74, 6) is 1.31. The highest BCUT2D eigenvalue weighted by Crippen LogP contribution is 2.35. The number of Topliss-reactive ketones (excluding diaryl/α,β-unsaturated/α-hetero) is 1. The third kappa shape index (κ3) is 2.67. The second kappa shape index (κ2) is 5.63. The molecule has 0 bridgehead atoms. The minimum Gasteiger partial charge on any atom is -0.294 e. The van der Waals surface area contributed by atoms with Gasteiger partial charge in [0, 0.05) is 16.9 Å². The Morgan fingerprint density at radius 3 is 2.88 bits per heavy atom. The van der Waals surface area contributed by atoms with E-state index in [4.69, 9.17) is 0 Å². The maximum atomic E-state index is 12.4. The summed E-state index contributed by atoms with van der Waals surface area (Å²) in [6.07, 6.45) is 6.03. The Morgan fingerprint density at radius 1 is 1.50 bits per heavy atom. The summed E-state index contributed by atoms with van der Waals surface area (Å²) in [4.78, 5) is 12.4. The second-order valence-electron chi connectivity index (χ2n) is 4.56. The van der Waals surface area contributed by atoms with E-state index in [1.807, 2.05) is 11.4 Å². The fourth-order valence-corrected chi connectivity index (χ4v) is 4.03. The molecule has 0 N–H and O–H groups in total. The zero-order valence-electron chi connectivity index (χ0n) is 9.54. The maximum Gasteiger partial charge on any atom is 0.167 e. The van der Waals surface area contributed by atoms with Crippen molar-refractivity contribution in [3.05, 3.63) is 19.9 Å². The minimum atomic E-state index is 0.296. The normalized spacial score (nSPS) is 25.6. The Balaban J connectivity index is 2.13. The van der Waals surface area contributed by atoms with E-state index >= 15 is 0 Å². The first-order valence-electron chi connectivity index (χ1n) is 6.00. The van der Waals surface area contributed by atoms with Gasteiger partial charge in [0.25, 0.3) is 0 Å². The van der Waals surface area contributed by atoms with Crippen LogP contribution in [0.5, 0.6) is 0 Å². The SMILES string of the molecule is CCC1CCCCC1C(=O)c1csc(I)c1. The van der Waals surface area contributed by atoms with Gasteiger partial charge in [0.1, 0.15) is 0 Å². The number of halogens is 1. The van der Waals surface area contributed by atoms with Gasteiger partial charge in [0.15, 0.2) is 5.78 Å². The van der Waals surface area contributed by atoms with Crippen LogP contribution in [0.15, 0.2) is 11.4 Å². The molecule has 0 saturated heterocycles. The maximum absolute atomic E-state index is 12.4. The van der Waals surface area contributed by atoms with Crippen LogP contribution in [0, 0.1) is 14.7 Å². The molecule has 1 nitrogen and oxygen atoms in total. The lowest BCUT2D eigenvalue weighted by Gasteiger charge is -2.29. The van der Waals surface area contributed by atoms with Crippen molar-refractivity contribution in [1.82, 2.24) is 0 Å². The standard InChI is InChI=1S/C13H17IOS/c1-2-9-5-3-4-6-11(9)13(15)10-7-12(14)16-8-10/h7-9,11H,2-6H2,1H3. The molecule has 3 heteroatoms. The summed E-state index contributed by atoms with van der Waals surface area (Å²) >= 11 is 3.96. The first-order chi connectivity index (χ1) is 7.72. The molecule has 1 fully saturated rings. The van der Waals surface area contributed by atoms with Crippen molar-refractivity contribution in [3.63, 3.8) is 0 Å². The van der Waals surface area contributed by atoms with Gasteiger partial charge in [-0.2, -0.15) is 0 Å². The molecule has 1 heterocycles. The van der Waals surface area contributed by atoms with E-state index < -0.39 is 0 Å². The van der Waals surface area contributed by atoms with E-state index in [1.165, 1.54) is 22.1 Å². The van der Waals surface area contributed by atoms with Crippen LogP contribution in [0.3, 0.4) is 0 Å². The monoisotopic (exact) mass is 348 g/mol. The van der Waals surface area contributed by atoms with Crippen molar-refractivity contribution >= 4 is 39.7 Å². The lowest BCUT2D eigenvalue weighted by molar-refractivity contribution is 0.0821. The lowest BCUT2D eigenvalue weighted by atomic mass is 9.74. The molecule has 0 amide bonds. The van der Waals surface area contributed by atoms with Crippen LogP contribution < -0.4 is 0 Å². The number of carbonyl (C=O) groups is 1. The first-order valence-corrected chi connectivity index (χ1v) is 7.96. The van der Waals surface area contributed by atoms with Crippen molar-refractivity contribution < 1.29 is 4.79 Å². The highest BCUT2D eigenvalue weighted by atomic mass is 127. The molecular formula is C13H17IOS. The fourth-order valence-electron chi connectivity index (χ4n) is 2.69. The molecule has 0 aliphatic heterocycles. The topological polar surface area (TPSA) is 17.1 Å². The van der Waals surface area contributed by atoms with Crippen LogP contribution in [0.2, 0.25) is 0 Å². The average molecular weight is 348 g/mol. The van der Waals surface area contributed by atoms with Gasteiger partial charge >= 0.3 is 0 Å². The zero-order valence-corrected chi connectivity index (χ0v) is 12.5. The number of carbonyl (C=O) groups excluding carboxylic acids is 1. The lowest BCUT2D eigenvalue weighted by Crippen LogP contribution is -2.26. The van der Waals surface area contributed by atoms with Crippen molar-refractivity contribution in [2.75, 3.05) is 0 Å². The summed E-state index contributed by atoms with van der Waals surface area (Å²) in [7, 11) is 0. The number of hydrogen-bond acceptors (Lipinski definition) is 2. The smallest absolute Gasteiger partial charge is 0.167 e. The van der Waals surface area contributed by atoms with Gasteiger partial charge in [-0.15, -0.1) is 11.3 Å². The van der Waals surface area contributed by atoms with Gasteiger partial charge in [-0.1, -0.05) is 26.2 Å². The zero-order chi connectivity index (χ0) is 11.5. The van der Waals surface area contributed by atoms with Crippen LogP contribution in [0.4, 0.5) is 0 Å². The van der Waals surface area contributed by atoms with Gasteiger partial charge in [-0.25, -0.2) is 0 Å². The molecule has 0 radical (unpaired) electrons. The third-order valence-electron chi connectivity index (χ3n) is 3.62. The Bertz CT molecular complexity index is 372. The highest BCUT2D eigenvalue weighted by Gasteiger charge is 2.30. The van der Waals surface area contributed by atoms with E-state index in [-0.39, 0.29) is 0 Å². The molecule has 1 aliphatic rings. The molecule has 2 atom stereocenters. The quantitative estimate of drug-likeness (QED) is 0.569. The van der Waals surface area contributed by atoms with Crippen LogP contribution >= 0.6 is 33.9 Å². The highest BCUT2D eigenvalue weighted by molar-refractivity contribution is 14.1. The van der Waals surface area contributed by atoms with Crippen LogP contribution in [-0.4, -0.2) is 5.78 Å². The Morgan fingerprint density at radius 2 is 2.25 bits per heavy atom. The van der Waals surface area contributed by atoms with E-state index in [9.17, 15) is 4.79 Å². The molecule has 2 rings (SSSR count). The first kappa shape index (κ1) is 12.6. The third-order valence-corrected chi connectivity index (χ3v) is 5.41. The molecule has 1 aliphatic carbocycles. The van der Waals surface area contributed by atoms with Crippen molar-refractivity contribution in [1.29, 1.82) is 0 Å². The predicted octanol–water partition coefficient (Wildman–Crippen LogP) is 4.75. The molecule has 0 spiro atoms. The summed E-state index contributed by atoms with van der Waals surface area (Å²) in [6.45, 7) is 2.22. The average Bonchev–Trinajstić information content (AvgIpc) is 2.75. The Labute approximate surface area is 115 Å². The van der Waals surface area contributed by atoms with Gasteiger partial charge in [0.05, 0.1) is 2.88 Å². The second-order valence-corrected chi connectivity index (χ2v) is 7.37. The molecule has 1 aromatic heterocycles. The molecule has 1 aromatic rings. The number of thiophene rings is 1. The van der Waals surface area contributed by atoms with Crippen molar-refractivity contribution in [3.8, 4) is 0 Å². The number of rotatable bonds is 3. The summed E-state index contributed by atoms with van der Waals surface area (Å²) in [6, 6.07) is 2.04. The van der Waals surface area contributed by atoms with E-state index in [0.717, 1.165) is 18.4 Å². The Hall–Kier alpha value is 0.1000. The number of ketones is 1. The minimum absolute atomic E-state index is 0.296. The molecule has 1 saturated carbocycles.